The van der Waals surface area contributed by atoms with Gasteiger partial charge in [0.1, 0.15) is 12.4 Å². The summed E-state index contributed by atoms with van der Waals surface area (Å²) in [6.07, 6.45) is -9.20. The first kappa shape index (κ1) is 19.7. The zero-order chi connectivity index (χ0) is 20.5. The Bertz CT molecular complexity index is 989. The van der Waals surface area contributed by atoms with Crippen molar-refractivity contribution in [3.63, 3.8) is 0 Å². The van der Waals surface area contributed by atoms with Crippen LogP contribution in [0.2, 0.25) is 0 Å². The molecule has 0 heterocycles. The van der Waals surface area contributed by atoms with Gasteiger partial charge in [0.2, 0.25) is 0 Å². The van der Waals surface area contributed by atoms with E-state index in [2.05, 4.69) is 0 Å². The average Bonchev–Trinajstić information content (AvgIpc) is 2.64. The maximum Gasteiger partial charge on any atom is 0.416 e. The van der Waals surface area contributed by atoms with Crippen molar-refractivity contribution in [2.24, 2.45) is 0 Å². The molecule has 8 heteroatoms. The van der Waals surface area contributed by atoms with E-state index in [-0.39, 0.29) is 17.4 Å². The van der Waals surface area contributed by atoms with Crippen LogP contribution in [0.25, 0.3) is 10.8 Å². The second-order valence-corrected chi connectivity index (χ2v) is 6.02. The van der Waals surface area contributed by atoms with Crippen LogP contribution in [-0.4, -0.2) is 6.29 Å². The SMILES string of the molecule is O=Cc1ccc(OCc2cc(C(F)(F)F)cc(C(F)(F)F)c2)c2ccccc12. The largest absolute Gasteiger partial charge is 0.488 e. The fourth-order valence-electron chi connectivity index (χ4n) is 2.79. The Hall–Kier alpha value is -3.03. The average molecular weight is 398 g/mol. The molecule has 0 N–H and O–H groups in total. The Balaban J connectivity index is 1.97. The molecule has 0 aliphatic carbocycles. The van der Waals surface area contributed by atoms with E-state index in [4.69, 9.17) is 4.74 Å². The third-order valence-electron chi connectivity index (χ3n) is 4.09. The highest BCUT2D eigenvalue weighted by Gasteiger charge is 2.36. The fraction of sp³-hybridized carbons (Fsp3) is 0.150. The molecule has 2 nitrogen and oxygen atoms in total. The van der Waals surface area contributed by atoms with Gasteiger partial charge in [-0.25, -0.2) is 0 Å². The molecule has 0 amide bonds. The summed E-state index contributed by atoms with van der Waals surface area (Å²) in [5.41, 5.74) is -2.68. The number of benzene rings is 3. The van der Waals surface area contributed by atoms with Crippen molar-refractivity contribution < 1.29 is 35.9 Å². The molecule has 3 rings (SSSR count). The summed E-state index contributed by atoms with van der Waals surface area (Å²) in [7, 11) is 0. The van der Waals surface area contributed by atoms with Crippen molar-refractivity contribution in [2.45, 2.75) is 19.0 Å². The van der Waals surface area contributed by atoms with Gasteiger partial charge in [-0.05, 0) is 41.3 Å². The quantitative estimate of drug-likeness (QED) is 0.383. The number of hydrogen-bond donors (Lipinski definition) is 0. The summed E-state index contributed by atoms with van der Waals surface area (Å²) in [5.74, 6) is 0.243. The van der Waals surface area contributed by atoms with Crippen molar-refractivity contribution >= 4 is 17.1 Å². The van der Waals surface area contributed by atoms with E-state index in [1.807, 2.05) is 0 Å². The number of rotatable bonds is 4. The highest BCUT2D eigenvalue weighted by molar-refractivity contribution is 6.00. The highest BCUT2D eigenvalue weighted by atomic mass is 19.4. The molecule has 0 aliphatic rings. The summed E-state index contributed by atoms with van der Waals surface area (Å²) in [4.78, 5) is 11.1. The van der Waals surface area contributed by atoms with Crippen LogP contribution in [0.1, 0.15) is 27.0 Å². The van der Waals surface area contributed by atoms with Gasteiger partial charge >= 0.3 is 12.4 Å². The topological polar surface area (TPSA) is 26.3 Å². The standard InChI is InChI=1S/C20H12F6O2/c21-19(22,23)14-7-12(8-15(9-14)20(24,25)26)11-28-18-6-5-13(10-27)16-3-1-2-4-17(16)18/h1-10H,11H2. The van der Waals surface area contributed by atoms with Crippen LogP contribution in [0.3, 0.4) is 0 Å². The number of fused-ring (bicyclic) bond motifs is 1. The van der Waals surface area contributed by atoms with Gasteiger partial charge in [0.15, 0.2) is 6.29 Å². The normalized spacial score (nSPS) is 12.2. The van der Waals surface area contributed by atoms with E-state index in [1.54, 1.807) is 24.3 Å². The molecule has 0 saturated heterocycles. The summed E-state index contributed by atoms with van der Waals surface area (Å²) < 4.78 is 83.2. The van der Waals surface area contributed by atoms with Crippen LogP contribution in [-0.2, 0) is 19.0 Å². The van der Waals surface area contributed by atoms with Gasteiger partial charge in [0.25, 0.3) is 0 Å². The molecule has 0 fully saturated rings. The first-order valence-electron chi connectivity index (χ1n) is 7.97. The summed E-state index contributed by atoms with van der Waals surface area (Å²) >= 11 is 0. The first-order valence-corrected chi connectivity index (χ1v) is 7.97. The Morgan fingerprint density at radius 3 is 1.89 bits per heavy atom. The van der Waals surface area contributed by atoms with Crippen LogP contribution in [0, 0.1) is 0 Å². The third kappa shape index (κ3) is 4.11. The number of carbonyl (C=O) groups is 1. The fourth-order valence-corrected chi connectivity index (χ4v) is 2.79. The number of carbonyl (C=O) groups excluding carboxylic acids is 1. The Morgan fingerprint density at radius 2 is 1.36 bits per heavy atom. The van der Waals surface area contributed by atoms with E-state index in [0.29, 0.717) is 34.8 Å². The molecule has 0 saturated carbocycles. The van der Waals surface area contributed by atoms with E-state index < -0.39 is 30.1 Å². The summed E-state index contributed by atoms with van der Waals surface area (Å²) in [5, 5.41) is 1.09. The lowest BCUT2D eigenvalue weighted by Crippen LogP contribution is -2.12. The summed E-state index contributed by atoms with van der Waals surface area (Å²) in [6, 6.07) is 10.9. The summed E-state index contributed by atoms with van der Waals surface area (Å²) in [6.45, 7) is -0.503. The highest BCUT2D eigenvalue weighted by Crippen LogP contribution is 2.37. The lowest BCUT2D eigenvalue weighted by Gasteiger charge is -2.15. The smallest absolute Gasteiger partial charge is 0.416 e. The maximum absolute atomic E-state index is 12.9. The van der Waals surface area contributed by atoms with Gasteiger partial charge in [0.05, 0.1) is 11.1 Å². The van der Waals surface area contributed by atoms with Crippen LogP contribution in [0.5, 0.6) is 5.75 Å². The van der Waals surface area contributed by atoms with E-state index >= 15 is 0 Å². The predicted octanol–water partition coefficient (Wildman–Crippen LogP) is 6.27. The molecule has 3 aromatic carbocycles. The predicted molar refractivity (Wildman–Crippen MR) is 90.1 cm³/mol. The molecule has 0 aromatic heterocycles. The molecular weight excluding hydrogens is 386 g/mol. The first-order chi connectivity index (χ1) is 13.1. The number of hydrogen-bond acceptors (Lipinski definition) is 2. The van der Waals surface area contributed by atoms with Crippen molar-refractivity contribution in [3.05, 3.63) is 76.9 Å². The molecule has 0 atom stereocenters. The van der Waals surface area contributed by atoms with Crippen molar-refractivity contribution in [1.82, 2.24) is 0 Å². The number of alkyl halides is 6. The van der Waals surface area contributed by atoms with Crippen LogP contribution in [0.15, 0.2) is 54.6 Å². The van der Waals surface area contributed by atoms with Crippen molar-refractivity contribution in [3.8, 4) is 5.75 Å². The van der Waals surface area contributed by atoms with Crippen molar-refractivity contribution in [1.29, 1.82) is 0 Å². The minimum absolute atomic E-state index is 0.0672. The minimum atomic E-state index is -4.92. The van der Waals surface area contributed by atoms with Gasteiger partial charge in [-0.15, -0.1) is 0 Å². The monoisotopic (exact) mass is 398 g/mol. The number of aldehydes is 1. The van der Waals surface area contributed by atoms with Gasteiger partial charge in [-0.1, -0.05) is 24.3 Å². The molecule has 28 heavy (non-hydrogen) atoms. The van der Waals surface area contributed by atoms with Gasteiger partial charge < -0.3 is 4.74 Å². The molecule has 3 aromatic rings. The van der Waals surface area contributed by atoms with E-state index in [1.165, 1.54) is 12.1 Å². The van der Waals surface area contributed by atoms with Crippen LogP contribution < -0.4 is 4.74 Å². The van der Waals surface area contributed by atoms with Gasteiger partial charge in [-0.2, -0.15) is 26.3 Å². The minimum Gasteiger partial charge on any atom is -0.488 e. The van der Waals surface area contributed by atoms with E-state index in [0.717, 1.165) is 0 Å². The lowest BCUT2D eigenvalue weighted by atomic mass is 10.0. The Labute approximate surface area is 155 Å². The number of ether oxygens (including phenoxy) is 1. The van der Waals surface area contributed by atoms with Crippen LogP contribution >= 0.6 is 0 Å². The van der Waals surface area contributed by atoms with Crippen molar-refractivity contribution in [2.75, 3.05) is 0 Å². The molecule has 0 aliphatic heterocycles. The molecule has 0 unspecified atom stereocenters. The number of halogens is 6. The molecule has 0 radical (unpaired) electrons. The Morgan fingerprint density at radius 1 is 0.786 bits per heavy atom. The molecule has 146 valence electrons. The zero-order valence-electron chi connectivity index (χ0n) is 14.1. The molecular formula is C20H12F6O2. The molecule has 0 spiro atoms. The van der Waals surface area contributed by atoms with Crippen LogP contribution in [0.4, 0.5) is 26.3 Å². The Kier molecular flexibility index (Phi) is 5.06. The second kappa shape index (κ2) is 7.18. The van der Waals surface area contributed by atoms with Gasteiger partial charge in [-0.3, -0.25) is 4.79 Å². The second-order valence-electron chi connectivity index (χ2n) is 6.02. The molecule has 0 bridgehead atoms. The lowest BCUT2D eigenvalue weighted by molar-refractivity contribution is -0.143. The maximum atomic E-state index is 12.9. The third-order valence-corrected chi connectivity index (χ3v) is 4.09. The van der Waals surface area contributed by atoms with E-state index in [9.17, 15) is 31.1 Å². The van der Waals surface area contributed by atoms with Gasteiger partial charge in [0, 0.05) is 10.9 Å². The zero-order valence-corrected chi connectivity index (χ0v) is 14.1.